The van der Waals surface area contributed by atoms with E-state index in [1.54, 1.807) is 6.92 Å². The second-order valence-electron chi connectivity index (χ2n) is 3.20. The maximum Gasteiger partial charge on any atom is 0.352 e. The van der Waals surface area contributed by atoms with Crippen LogP contribution < -0.4 is 5.32 Å². The first-order valence-corrected chi connectivity index (χ1v) is 4.33. The lowest BCUT2D eigenvalue weighted by molar-refractivity contribution is -0.134. The van der Waals surface area contributed by atoms with Crippen LogP contribution in [-0.4, -0.2) is 17.0 Å². The van der Waals surface area contributed by atoms with Gasteiger partial charge in [0.2, 0.25) is 5.91 Å². The Morgan fingerprint density at radius 1 is 1.54 bits per heavy atom. The maximum absolute atomic E-state index is 11.2. The van der Waals surface area contributed by atoms with Gasteiger partial charge in [-0.25, -0.2) is 4.79 Å². The summed E-state index contributed by atoms with van der Waals surface area (Å²) in [5, 5.41) is 10.9. The van der Waals surface area contributed by atoms with Gasteiger partial charge < -0.3 is 10.4 Å². The molecule has 72 valence electrons. The molecule has 0 radical (unpaired) electrons. The van der Waals surface area contributed by atoms with E-state index in [0.717, 1.165) is 12.8 Å². The van der Waals surface area contributed by atoms with Crippen LogP contribution in [0.25, 0.3) is 0 Å². The van der Waals surface area contributed by atoms with Crippen LogP contribution in [0.4, 0.5) is 0 Å². The molecule has 0 aromatic heterocycles. The van der Waals surface area contributed by atoms with Gasteiger partial charge in [0.05, 0.1) is 0 Å². The molecule has 1 aliphatic carbocycles. The minimum atomic E-state index is -1.09. The summed E-state index contributed by atoms with van der Waals surface area (Å²) in [6.45, 7) is 1.58. The van der Waals surface area contributed by atoms with Gasteiger partial charge in [0.15, 0.2) is 0 Å². The number of nitrogens with one attached hydrogen (secondary N) is 1. The Hall–Kier alpha value is -1.32. The molecular formula is C9H13NO3. The van der Waals surface area contributed by atoms with Crippen LogP contribution in [0.15, 0.2) is 11.8 Å². The highest BCUT2D eigenvalue weighted by Gasteiger charge is 2.25. The summed E-state index contributed by atoms with van der Waals surface area (Å²) in [5.74, 6) is -0.809. The van der Waals surface area contributed by atoms with E-state index in [1.807, 2.05) is 0 Å². The maximum atomic E-state index is 11.2. The fourth-order valence-corrected chi connectivity index (χ4v) is 1.03. The van der Waals surface area contributed by atoms with E-state index in [-0.39, 0.29) is 11.6 Å². The standard InChI is InChI=1S/C9H13NO3/c1-2-7(9(12)13)10-8(11)5-6-3-4-6/h2,6H,3-5H2,1H3,(H,10,11)(H,12,13). The highest BCUT2D eigenvalue weighted by atomic mass is 16.4. The van der Waals surface area contributed by atoms with Crippen LogP contribution in [0, 0.1) is 5.92 Å². The fraction of sp³-hybridized carbons (Fsp3) is 0.556. The fourth-order valence-electron chi connectivity index (χ4n) is 1.03. The minimum Gasteiger partial charge on any atom is -0.477 e. The van der Waals surface area contributed by atoms with Crippen molar-refractivity contribution in [2.24, 2.45) is 5.92 Å². The van der Waals surface area contributed by atoms with Gasteiger partial charge >= 0.3 is 5.97 Å². The lowest BCUT2D eigenvalue weighted by Gasteiger charge is -2.03. The van der Waals surface area contributed by atoms with Gasteiger partial charge in [0.1, 0.15) is 5.70 Å². The summed E-state index contributed by atoms with van der Waals surface area (Å²) in [5.41, 5.74) is -0.0364. The Labute approximate surface area is 76.6 Å². The molecule has 1 amide bonds. The molecule has 1 aliphatic rings. The van der Waals surface area contributed by atoms with Crippen LogP contribution in [0.5, 0.6) is 0 Å². The van der Waals surface area contributed by atoms with Gasteiger partial charge in [0.25, 0.3) is 0 Å². The van der Waals surface area contributed by atoms with Gasteiger partial charge in [0, 0.05) is 6.42 Å². The van der Waals surface area contributed by atoms with Crippen molar-refractivity contribution in [1.82, 2.24) is 5.32 Å². The van der Waals surface area contributed by atoms with E-state index in [4.69, 9.17) is 5.11 Å². The number of carbonyl (C=O) groups excluding carboxylic acids is 1. The normalized spacial score (nSPS) is 16.8. The second kappa shape index (κ2) is 4.07. The van der Waals surface area contributed by atoms with Crippen molar-refractivity contribution < 1.29 is 14.7 Å². The molecule has 0 aliphatic heterocycles. The highest BCUT2D eigenvalue weighted by Crippen LogP contribution is 2.32. The lowest BCUT2D eigenvalue weighted by atomic mass is 10.2. The molecule has 2 N–H and O–H groups in total. The van der Waals surface area contributed by atoms with Crippen molar-refractivity contribution in [2.45, 2.75) is 26.2 Å². The van der Waals surface area contributed by atoms with Crippen molar-refractivity contribution in [3.8, 4) is 0 Å². The van der Waals surface area contributed by atoms with Gasteiger partial charge in [-0.05, 0) is 25.7 Å². The van der Waals surface area contributed by atoms with Crippen LogP contribution in [-0.2, 0) is 9.59 Å². The number of aliphatic carboxylic acids is 1. The summed E-state index contributed by atoms with van der Waals surface area (Å²) in [6, 6.07) is 0. The Bertz CT molecular complexity index is 254. The van der Waals surface area contributed by atoms with E-state index in [9.17, 15) is 9.59 Å². The van der Waals surface area contributed by atoms with Gasteiger partial charge in [-0.2, -0.15) is 0 Å². The number of hydrogen-bond donors (Lipinski definition) is 2. The molecule has 1 fully saturated rings. The SMILES string of the molecule is CC=C(NC(=O)CC1CC1)C(=O)O. The average Bonchev–Trinajstić information content (AvgIpc) is 2.83. The average molecular weight is 183 g/mol. The van der Waals surface area contributed by atoms with E-state index < -0.39 is 5.97 Å². The Kier molecular flexibility index (Phi) is 3.06. The van der Waals surface area contributed by atoms with Crippen molar-refractivity contribution in [3.05, 3.63) is 11.8 Å². The number of allylic oxidation sites excluding steroid dienone is 1. The van der Waals surface area contributed by atoms with E-state index in [2.05, 4.69) is 5.32 Å². The summed E-state index contributed by atoms with van der Waals surface area (Å²) < 4.78 is 0. The summed E-state index contributed by atoms with van der Waals surface area (Å²) >= 11 is 0. The predicted octanol–water partition coefficient (Wildman–Crippen LogP) is 0.891. The monoisotopic (exact) mass is 183 g/mol. The van der Waals surface area contributed by atoms with Crippen LogP contribution >= 0.6 is 0 Å². The molecule has 4 heteroatoms. The second-order valence-corrected chi connectivity index (χ2v) is 3.20. The highest BCUT2D eigenvalue weighted by molar-refractivity contribution is 5.92. The number of amides is 1. The quantitative estimate of drug-likeness (QED) is 0.636. The van der Waals surface area contributed by atoms with Gasteiger partial charge in [-0.3, -0.25) is 4.79 Å². The smallest absolute Gasteiger partial charge is 0.352 e. The first kappa shape index (κ1) is 9.77. The van der Waals surface area contributed by atoms with E-state index in [0.29, 0.717) is 12.3 Å². The molecule has 0 bridgehead atoms. The predicted molar refractivity (Wildman–Crippen MR) is 46.9 cm³/mol. The molecule has 0 saturated heterocycles. The summed E-state index contributed by atoms with van der Waals surface area (Å²) in [4.78, 5) is 21.6. The zero-order valence-electron chi connectivity index (χ0n) is 7.54. The first-order valence-electron chi connectivity index (χ1n) is 4.33. The molecule has 0 unspecified atom stereocenters. The van der Waals surface area contributed by atoms with Crippen LogP contribution in [0.3, 0.4) is 0 Å². The topological polar surface area (TPSA) is 66.4 Å². The van der Waals surface area contributed by atoms with E-state index in [1.165, 1.54) is 6.08 Å². The largest absolute Gasteiger partial charge is 0.477 e. The Morgan fingerprint density at radius 2 is 2.15 bits per heavy atom. The Balaban J connectivity index is 2.36. The molecule has 4 nitrogen and oxygen atoms in total. The van der Waals surface area contributed by atoms with E-state index >= 15 is 0 Å². The third-order valence-corrected chi connectivity index (χ3v) is 1.96. The molecule has 1 saturated carbocycles. The van der Waals surface area contributed by atoms with Crippen LogP contribution in [0.1, 0.15) is 26.2 Å². The van der Waals surface area contributed by atoms with Gasteiger partial charge in [-0.15, -0.1) is 0 Å². The summed E-state index contributed by atoms with van der Waals surface area (Å²) in [6.07, 6.45) is 4.01. The molecule has 0 aromatic rings. The molecule has 13 heavy (non-hydrogen) atoms. The zero-order chi connectivity index (χ0) is 9.84. The molecule has 0 aromatic carbocycles. The first-order chi connectivity index (χ1) is 6.13. The number of rotatable bonds is 4. The van der Waals surface area contributed by atoms with Crippen molar-refractivity contribution in [2.75, 3.05) is 0 Å². The molecule has 0 spiro atoms. The number of hydrogen-bond acceptors (Lipinski definition) is 2. The molecule has 1 rings (SSSR count). The number of carbonyl (C=O) groups is 2. The third kappa shape index (κ3) is 3.27. The summed E-state index contributed by atoms with van der Waals surface area (Å²) in [7, 11) is 0. The lowest BCUT2D eigenvalue weighted by Crippen LogP contribution is -2.27. The van der Waals surface area contributed by atoms with Crippen molar-refractivity contribution in [3.63, 3.8) is 0 Å². The van der Waals surface area contributed by atoms with Crippen molar-refractivity contribution >= 4 is 11.9 Å². The number of carboxylic acids is 1. The van der Waals surface area contributed by atoms with Crippen molar-refractivity contribution in [1.29, 1.82) is 0 Å². The van der Waals surface area contributed by atoms with Gasteiger partial charge in [-0.1, -0.05) is 6.08 Å². The van der Waals surface area contributed by atoms with Crippen LogP contribution in [0.2, 0.25) is 0 Å². The zero-order valence-corrected chi connectivity index (χ0v) is 7.54. The Morgan fingerprint density at radius 3 is 2.54 bits per heavy atom. The number of carboxylic acid groups (broad SMARTS) is 1. The molecular weight excluding hydrogens is 170 g/mol. The molecule has 0 atom stereocenters. The molecule has 0 heterocycles. The third-order valence-electron chi connectivity index (χ3n) is 1.96. The minimum absolute atomic E-state index is 0.0364.